The second kappa shape index (κ2) is 5.41. The van der Waals surface area contributed by atoms with Gasteiger partial charge in [0.25, 0.3) is 0 Å². The van der Waals surface area contributed by atoms with E-state index in [1.54, 1.807) is 6.07 Å². The van der Waals surface area contributed by atoms with Crippen LogP contribution in [0.4, 0.5) is 4.39 Å². The first-order chi connectivity index (χ1) is 7.83. The molecule has 1 aliphatic heterocycles. The Labute approximate surface area is 95.8 Å². The number of rotatable bonds is 4. The summed E-state index contributed by atoms with van der Waals surface area (Å²) in [6, 6.07) is 7.06. The van der Waals surface area contributed by atoms with Gasteiger partial charge in [0.1, 0.15) is 5.82 Å². The molecule has 0 saturated carbocycles. The van der Waals surface area contributed by atoms with Crippen molar-refractivity contribution in [3.05, 3.63) is 35.6 Å². The Morgan fingerprint density at radius 2 is 2.31 bits per heavy atom. The summed E-state index contributed by atoms with van der Waals surface area (Å²) in [5.41, 5.74) is 0.812. The molecule has 2 rings (SSSR count). The highest BCUT2D eigenvalue weighted by Crippen LogP contribution is 2.31. The van der Waals surface area contributed by atoms with E-state index in [0.717, 1.165) is 31.7 Å². The minimum Gasteiger partial charge on any atom is -0.381 e. The van der Waals surface area contributed by atoms with E-state index in [0.29, 0.717) is 5.92 Å². The Kier molecular flexibility index (Phi) is 3.91. The molecule has 0 amide bonds. The van der Waals surface area contributed by atoms with E-state index in [9.17, 15) is 4.39 Å². The van der Waals surface area contributed by atoms with E-state index in [1.165, 1.54) is 6.07 Å². The van der Waals surface area contributed by atoms with Crippen LogP contribution in [0.25, 0.3) is 0 Å². The van der Waals surface area contributed by atoms with Gasteiger partial charge in [0.2, 0.25) is 0 Å². The summed E-state index contributed by atoms with van der Waals surface area (Å²) in [5, 5.41) is 3.15. The number of nitrogens with one attached hydrogen (secondary N) is 1. The highest BCUT2D eigenvalue weighted by atomic mass is 19.1. The van der Waals surface area contributed by atoms with E-state index >= 15 is 0 Å². The van der Waals surface area contributed by atoms with Crippen LogP contribution in [0.5, 0.6) is 0 Å². The second-order valence-electron chi connectivity index (χ2n) is 4.31. The zero-order valence-electron chi connectivity index (χ0n) is 9.58. The second-order valence-corrected chi connectivity index (χ2v) is 4.31. The third-order valence-corrected chi connectivity index (χ3v) is 3.26. The Bertz CT molecular complexity index is 336. The smallest absolute Gasteiger partial charge is 0.126 e. The van der Waals surface area contributed by atoms with Gasteiger partial charge in [-0.25, -0.2) is 4.39 Å². The number of benzene rings is 1. The SMILES string of the molecule is CNCC(c1ccccc1F)C1CCOC1. The Morgan fingerprint density at radius 3 is 2.94 bits per heavy atom. The fourth-order valence-corrected chi connectivity index (χ4v) is 2.40. The molecular weight excluding hydrogens is 205 g/mol. The molecule has 0 spiro atoms. The molecule has 2 unspecified atom stereocenters. The van der Waals surface area contributed by atoms with Crippen LogP contribution >= 0.6 is 0 Å². The molecular formula is C13H18FNO. The summed E-state index contributed by atoms with van der Waals surface area (Å²) in [6.45, 7) is 2.36. The maximum absolute atomic E-state index is 13.7. The summed E-state index contributed by atoms with van der Waals surface area (Å²) in [5.74, 6) is 0.549. The van der Waals surface area contributed by atoms with Crippen LogP contribution in [0, 0.1) is 11.7 Å². The quantitative estimate of drug-likeness (QED) is 0.844. The van der Waals surface area contributed by atoms with Crippen molar-refractivity contribution >= 4 is 0 Å². The van der Waals surface area contributed by atoms with Gasteiger partial charge in [-0.1, -0.05) is 18.2 Å². The molecule has 16 heavy (non-hydrogen) atoms. The largest absolute Gasteiger partial charge is 0.381 e. The minimum atomic E-state index is -0.102. The lowest BCUT2D eigenvalue weighted by Crippen LogP contribution is -2.25. The van der Waals surface area contributed by atoms with Gasteiger partial charge in [0, 0.05) is 19.1 Å². The third kappa shape index (κ3) is 2.42. The molecule has 2 atom stereocenters. The number of hydrogen-bond donors (Lipinski definition) is 1. The normalized spacial score (nSPS) is 22.2. The lowest BCUT2D eigenvalue weighted by molar-refractivity contribution is 0.180. The van der Waals surface area contributed by atoms with Crippen LogP contribution < -0.4 is 5.32 Å². The highest BCUT2D eigenvalue weighted by Gasteiger charge is 2.28. The van der Waals surface area contributed by atoms with E-state index < -0.39 is 0 Å². The van der Waals surface area contributed by atoms with Crippen molar-refractivity contribution in [2.24, 2.45) is 5.92 Å². The van der Waals surface area contributed by atoms with Crippen molar-refractivity contribution in [1.29, 1.82) is 0 Å². The molecule has 1 aliphatic rings. The van der Waals surface area contributed by atoms with E-state index in [-0.39, 0.29) is 11.7 Å². The number of halogens is 1. The molecule has 0 radical (unpaired) electrons. The van der Waals surface area contributed by atoms with Crippen LogP contribution in [0.2, 0.25) is 0 Å². The number of ether oxygens (including phenoxy) is 1. The predicted octanol–water partition coefficient (Wildman–Crippen LogP) is 2.17. The van der Waals surface area contributed by atoms with Gasteiger partial charge in [-0.15, -0.1) is 0 Å². The average molecular weight is 223 g/mol. The third-order valence-electron chi connectivity index (χ3n) is 3.26. The average Bonchev–Trinajstić information content (AvgIpc) is 2.80. The minimum absolute atomic E-state index is 0.102. The van der Waals surface area contributed by atoms with Crippen molar-refractivity contribution < 1.29 is 9.13 Å². The monoisotopic (exact) mass is 223 g/mol. The van der Waals surface area contributed by atoms with Crippen LogP contribution in [0.1, 0.15) is 17.9 Å². The summed E-state index contributed by atoms with van der Waals surface area (Å²) in [4.78, 5) is 0. The van der Waals surface area contributed by atoms with Gasteiger partial charge in [0.05, 0.1) is 6.61 Å². The standard InChI is InChI=1S/C13H18FNO/c1-15-8-12(10-6-7-16-9-10)11-4-2-3-5-13(11)14/h2-5,10,12,15H,6-9H2,1H3. The van der Waals surface area contributed by atoms with E-state index in [4.69, 9.17) is 4.74 Å². The van der Waals surface area contributed by atoms with Crippen molar-refractivity contribution in [2.45, 2.75) is 12.3 Å². The van der Waals surface area contributed by atoms with Gasteiger partial charge in [-0.05, 0) is 31.0 Å². The van der Waals surface area contributed by atoms with E-state index in [1.807, 2.05) is 19.2 Å². The molecule has 1 fully saturated rings. The van der Waals surface area contributed by atoms with Crippen LogP contribution in [0.3, 0.4) is 0 Å². The number of likely N-dealkylation sites (N-methyl/N-ethyl adjacent to an activating group) is 1. The topological polar surface area (TPSA) is 21.3 Å². The molecule has 1 aromatic rings. The molecule has 1 heterocycles. The lowest BCUT2D eigenvalue weighted by atomic mass is 9.85. The van der Waals surface area contributed by atoms with Gasteiger partial charge >= 0.3 is 0 Å². The Hall–Kier alpha value is -0.930. The molecule has 0 aliphatic carbocycles. The van der Waals surface area contributed by atoms with Crippen molar-refractivity contribution in [3.63, 3.8) is 0 Å². The Balaban J connectivity index is 2.21. The highest BCUT2D eigenvalue weighted by molar-refractivity contribution is 5.23. The first-order valence-electron chi connectivity index (χ1n) is 5.79. The Morgan fingerprint density at radius 1 is 1.50 bits per heavy atom. The van der Waals surface area contributed by atoms with Crippen LogP contribution in [0.15, 0.2) is 24.3 Å². The van der Waals surface area contributed by atoms with Crippen molar-refractivity contribution in [1.82, 2.24) is 5.32 Å². The fourth-order valence-electron chi connectivity index (χ4n) is 2.40. The molecule has 0 aromatic heterocycles. The van der Waals surface area contributed by atoms with Gasteiger partial charge in [-0.2, -0.15) is 0 Å². The molecule has 1 saturated heterocycles. The summed E-state index contributed by atoms with van der Waals surface area (Å²) < 4.78 is 19.1. The van der Waals surface area contributed by atoms with Crippen molar-refractivity contribution in [3.8, 4) is 0 Å². The first-order valence-corrected chi connectivity index (χ1v) is 5.79. The summed E-state index contributed by atoms with van der Waals surface area (Å²) in [6.07, 6.45) is 1.03. The molecule has 3 heteroatoms. The zero-order chi connectivity index (χ0) is 11.4. The maximum Gasteiger partial charge on any atom is 0.126 e. The van der Waals surface area contributed by atoms with Crippen LogP contribution in [-0.4, -0.2) is 26.8 Å². The molecule has 1 N–H and O–H groups in total. The number of hydrogen-bond acceptors (Lipinski definition) is 2. The van der Waals surface area contributed by atoms with Gasteiger partial charge < -0.3 is 10.1 Å². The molecule has 2 nitrogen and oxygen atoms in total. The molecule has 1 aromatic carbocycles. The maximum atomic E-state index is 13.7. The van der Waals surface area contributed by atoms with Gasteiger partial charge in [-0.3, -0.25) is 0 Å². The predicted molar refractivity (Wildman–Crippen MR) is 62.0 cm³/mol. The van der Waals surface area contributed by atoms with Crippen LogP contribution in [-0.2, 0) is 4.74 Å². The molecule has 0 bridgehead atoms. The lowest BCUT2D eigenvalue weighted by Gasteiger charge is -2.23. The van der Waals surface area contributed by atoms with Crippen molar-refractivity contribution in [2.75, 3.05) is 26.8 Å². The zero-order valence-corrected chi connectivity index (χ0v) is 9.58. The van der Waals surface area contributed by atoms with E-state index in [2.05, 4.69) is 5.32 Å². The first kappa shape index (κ1) is 11.6. The molecule has 88 valence electrons. The fraction of sp³-hybridized carbons (Fsp3) is 0.538. The summed E-state index contributed by atoms with van der Waals surface area (Å²) >= 11 is 0. The summed E-state index contributed by atoms with van der Waals surface area (Å²) in [7, 11) is 1.91. The van der Waals surface area contributed by atoms with Gasteiger partial charge in [0.15, 0.2) is 0 Å².